The Morgan fingerprint density at radius 3 is 2.63 bits per heavy atom. The van der Waals surface area contributed by atoms with Gasteiger partial charge in [-0.2, -0.15) is 0 Å². The normalized spacial score (nSPS) is 14.7. The topological polar surface area (TPSA) is 23.5 Å². The molecule has 0 fully saturated rings. The van der Waals surface area contributed by atoms with Crippen molar-refractivity contribution in [2.75, 3.05) is 13.6 Å². The maximum absolute atomic E-state index is 10.2. The Labute approximate surface area is 129 Å². The molecule has 0 spiro atoms. The first-order valence-corrected chi connectivity index (χ1v) is 7.96. The van der Waals surface area contributed by atoms with Crippen LogP contribution in [0.25, 0.3) is 0 Å². The van der Waals surface area contributed by atoms with Crippen molar-refractivity contribution < 1.29 is 5.11 Å². The minimum Gasteiger partial charge on any atom is -0.388 e. The van der Waals surface area contributed by atoms with Crippen molar-refractivity contribution in [3.05, 3.63) is 33.3 Å². The molecule has 0 bridgehead atoms. The Kier molecular flexibility index (Phi) is 7.37. The van der Waals surface area contributed by atoms with Gasteiger partial charge in [-0.1, -0.05) is 46.9 Å². The van der Waals surface area contributed by atoms with Gasteiger partial charge in [0.25, 0.3) is 0 Å². The number of benzene rings is 1. The molecule has 1 N–H and O–H groups in total. The zero-order valence-electron chi connectivity index (χ0n) is 11.9. The largest absolute Gasteiger partial charge is 0.388 e. The maximum Gasteiger partial charge on any atom is 0.0816 e. The van der Waals surface area contributed by atoms with Crippen LogP contribution in [0.5, 0.6) is 0 Å². The summed E-state index contributed by atoms with van der Waals surface area (Å²) >= 11 is 9.52. The highest BCUT2D eigenvalue weighted by molar-refractivity contribution is 9.10. The van der Waals surface area contributed by atoms with Crippen LogP contribution in [-0.4, -0.2) is 29.6 Å². The van der Waals surface area contributed by atoms with Gasteiger partial charge in [0.1, 0.15) is 0 Å². The van der Waals surface area contributed by atoms with E-state index < -0.39 is 6.10 Å². The number of aliphatic hydroxyl groups is 1. The molecule has 0 radical (unpaired) electrons. The molecule has 108 valence electrons. The lowest BCUT2D eigenvalue weighted by Crippen LogP contribution is -2.30. The average Bonchev–Trinajstić information content (AvgIpc) is 2.35. The fourth-order valence-electron chi connectivity index (χ4n) is 2.11. The third-order valence-electron chi connectivity index (χ3n) is 3.54. The second-order valence-corrected chi connectivity index (χ2v) is 6.41. The highest BCUT2D eigenvalue weighted by Gasteiger charge is 2.14. The van der Waals surface area contributed by atoms with Crippen molar-refractivity contribution in [1.29, 1.82) is 0 Å². The van der Waals surface area contributed by atoms with Gasteiger partial charge in [-0.25, -0.2) is 0 Å². The van der Waals surface area contributed by atoms with Gasteiger partial charge in [-0.05, 0) is 44.5 Å². The molecular weight excluding hydrogens is 326 g/mol. The smallest absolute Gasteiger partial charge is 0.0816 e. The fraction of sp³-hybridized carbons (Fsp3) is 0.600. The summed E-state index contributed by atoms with van der Waals surface area (Å²) in [7, 11) is 2.11. The molecule has 4 heteroatoms. The van der Waals surface area contributed by atoms with Gasteiger partial charge in [-0.3, -0.25) is 0 Å². The Morgan fingerprint density at radius 2 is 2.05 bits per heavy atom. The summed E-state index contributed by atoms with van der Waals surface area (Å²) in [6.45, 7) is 5.29. The molecule has 2 nitrogen and oxygen atoms in total. The monoisotopic (exact) mass is 347 g/mol. The number of nitrogens with zero attached hydrogens (tertiary/aromatic N) is 1. The van der Waals surface area contributed by atoms with E-state index >= 15 is 0 Å². The van der Waals surface area contributed by atoms with Crippen LogP contribution >= 0.6 is 27.5 Å². The zero-order chi connectivity index (χ0) is 14.4. The lowest BCUT2D eigenvalue weighted by Gasteiger charge is -2.25. The molecule has 0 aliphatic heterocycles. The molecule has 2 atom stereocenters. The Hall–Kier alpha value is -0.0900. The van der Waals surface area contributed by atoms with Crippen LogP contribution in [0.15, 0.2) is 22.7 Å². The van der Waals surface area contributed by atoms with Crippen LogP contribution in [0, 0.1) is 0 Å². The second kappa shape index (κ2) is 8.25. The molecule has 0 saturated heterocycles. The number of halogens is 2. The van der Waals surface area contributed by atoms with E-state index in [1.54, 1.807) is 0 Å². The number of rotatable bonds is 7. The molecule has 1 aromatic rings. The summed E-state index contributed by atoms with van der Waals surface area (Å²) < 4.78 is 0.933. The van der Waals surface area contributed by atoms with E-state index in [-0.39, 0.29) is 0 Å². The first-order chi connectivity index (χ1) is 8.95. The molecule has 0 aliphatic carbocycles. The van der Waals surface area contributed by atoms with E-state index in [4.69, 9.17) is 11.6 Å². The Balaban J connectivity index is 2.53. The number of hydrogen-bond donors (Lipinski definition) is 1. The van der Waals surface area contributed by atoms with Crippen molar-refractivity contribution in [3.8, 4) is 0 Å². The van der Waals surface area contributed by atoms with E-state index in [9.17, 15) is 5.11 Å². The quantitative estimate of drug-likeness (QED) is 0.775. The van der Waals surface area contributed by atoms with Crippen molar-refractivity contribution in [2.45, 2.75) is 45.3 Å². The first-order valence-electron chi connectivity index (χ1n) is 6.79. The minimum atomic E-state index is -0.503. The van der Waals surface area contributed by atoms with E-state index in [0.717, 1.165) is 16.6 Å². The van der Waals surface area contributed by atoms with Crippen LogP contribution in [0.2, 0.25) is 5.02 Å². The number of hydrogen-bond acceptors (Lipinski definition) is 2. The molecule has 0 amide bonds. The molecule has 1 aromatic carbocycles. The predicted molar refractivity (Wildman–Crippen MR) is 85.7 cm³/mol. The molecule has 1 rings (SSSR count). The van der Waals surface area contributed by atoms with Gasteiger partial charge in [-0.15, -0.1) is 0 Å². The molecular formula is C15H23BrClNO. The maximum atomic E-state index is 10.2. The van der Waals surface area contributed by atoms with Crippen molar-refractivity contribution in [1.82, 2.24) is 4.90 Å². The fourth-order valence-corrected chi connectivity index (χ4v) is 2.91. The summed E-state index contributed by atoms with van der Waals surface area (Å²) in [5.74, 6) is 0. The Bertz CT molecular complexity index is 400. The summed E-state index contributed by atoms with van der Waals surface area (Å²) in [4.78, 5) is 2.29. The van der Waals surface area contributed by atoms with Crippen LogP contribution < -0.4 is 0 Å². The average molecular weight is 349 g/mol. The predicted octanol–water partition coefficient (Wildman–Crippen LogP) is 4.65. The summed E-state index contributed by atoms with van der Waals surface area (Å²) in [5, 5.41) is 10.8. The first kappa shape index (κ1) is 17.0. The SMILES string of the molecule is CCCC(C)N(C)CCC(O)c1ccc(Br)cc1Cl. The highest BCUT2D eigenvalue weighted by atomic mass is 79.9. The van der Waals surface area contributed by atoms with E-state index in [0.29, 0.717) is 17.5 Å². The van der Waals surface area contributed by atoms with E-state index in [1.807, 2.05) is 18.2 Å². The third-order valence-corrected chi connectivity index (χ3v) is 4.36. The molecule has 2 unspecified atom stereocenters. The standard InChI is InChI=1S/C15H23BrClNO/c1-4-5-11(2)18(3)9-8-15(19)13-7-6-12(16)10-14(13)17/h6-7,10-11,15,19H,4-5,8-9H2,1-3H3. The van der Waals surface area contributed by atoms with Gasteiger partial charge in [0, 0.05) is 22.1 Å². The van der Waals surface area contributed by atoms with Gasteiger partial charge in [0.05, 0.1) is 6.10 Å². The van der Waals surface area contributed by atoms with Crippen molar-refractivity contribution >= 4 is 27.5 Å². The molecule has 19 heavy (non-hydrogen) atoms. The third kappa shape index (κ3) is 5.42. The van der Waals surface area contributed by atoms with Crippen LogP contribution in [0.4, 0.5) is 0 Å². The van der Waals surface area contributed by atoms with Crippen LogP contribution in [-0.2, 0) is 0 Å². The number of aliphatic hydroxyl groups excluding tert-OH is 1. The zero-order valence-corrected chi connectivity index (χ0v) is 14.2. The van der Waals surface area contributed by atoms with Gasteiger partial charge in [0.15, 0.2) is 0 Å². The molecule has 0 saturated carbocycles. The highest BCUT2D eigenvalue weighted by Crippen LogP contribution is 2.28. The van der Waals surface area contributed by atoms with Crippen molar-refractivity contribution in [3.63, 3.8) is 0 Å². The minimum absolute atomic E-state index is 0.503. The van der Waals surface area contributed by atoms with Crippen molar-refractivity contribution in [2.24, 2.45) is 0 Å². The summed E-state index contributed by atoms with van der Waals surface area (Å²) in [6, 6.07) is 6.17. The summed E-state index contributed by atoms with van der Waals surface area (Å²) in [5.41, 5.74) is 0.807. The lowest BCUT2D eigenvalue weighted by molar-refractivity contribution is 0.137. The van der Waals surface area contributed by atoms with Gasteiger partial charge in [0.2, 0.25) is 0 Å². The molecule has 0 heterocycles. The Morgan fingerprint density at radius 1 is 1.37 bits per heavy atom. The second-order valence-electron chi connectivity index (χ2n) is 5.09. The van der Waals surface area contributed by atoms with E-state index in [2.05, 4.69) is 41.7 Å². The van der Waals surface area contributed by atoms with Crippen LogP contribution in [0.1, 0.15) is 44.8 Å². The summed E-state index contributed by atoms with van der Waals surface area (Å²) in [6.07, 6.45) is 2.57. The van der Waals surface area contributed by atoms with E-state index in [1.165, 1.54) is 12.8 Å². The van der Waals surface area contributed by atoms with Crippen LogP contribution in [0.3, 0.4) is 0 Å². The van der Waals surface area contributed by atoms with Gasteiger partial charge < -0.3 is 10.0 Å². The molecule has 0 aliphatic rings. The lowest BCUT2D eigenvalue weighted by atomic mass is 10.1. The van der Waals surface area contributed by atoms with Gasteiger partial charge >= 0.3 is 0 Å². The molecule has 0 aromatic heterocycles.